The molecule has 1 aliphatic rings. The third-order valence-electron chi connectivity index (χ3n) is 5.30. The van der Waals surface area contributed by atoms with E-state index in [1.54, 1.807) is 18.7 Å². The van der Waals surface area contributed by atoms with Gasteiger partial charge in [-0.15, -0.1) is 0 Å². The summed E-state index contributed by atoms with van der Waals surface area (Å²) >= 11 is 5.25. The van der Waals surface area contributed by atoms with Crippen LogP contribution < -0.4 is 5.32 Å². The van der Waals surface area contributed by atoms with E-state index in [0.717, 1.165) is 0 Å². The molecule has 0 amide bonds. The Kier molecular flexibility index (Phi) is 6.61. The van der Waals surface area contributed by atoms with Crippen molar-refractivity contribution in [2.75, 3.05) is 31.5 Å². The van der Waals surface area contributed by atoms with Crippen LogP contribution in [0.1, 0.15) is 23.7 Å². The molecule has 1 aliphatic heterocycles. The number of benzene rings is 1. The van der Waals surface area contributed by atoms with E-state index in [0.29, 0.717) is 67.9 Å². The molecule has 33 heavy (non-hydrogen) atoms. The standard InChI is InChI=1S/C20H20F4N6O2S/c1-10-15(11(2)31-27-10)19-25-14(28-32-19)9-29-4-3-5-30(7-6-29)20(33)26-18-13(22)8-12(21)16(23)17(18)24/h8H,3-7,9H2,1-2H3,(H,26,33). The van der Waals surface area contributed by atoms with Crippen LogP contribution in [-0.4, -0.2) is 56.4 Å². The van der Waals surface area contributed by atoms with Gasteiger partial charge in [0.25, 0.3) is 5.89 Å². The van der Waals surface area contributed by atoms with Crippen molar-refractivity contribution in [3.05, 3.63) is 46.6 Å². The number of hydrogen-bond acceptors (Lipinski definition) is 7. The summed E-state index contributed by atoms with van der Waals surface area (Å²) in [5.41, 5.74) is 0.505. The van der Waals surface area contributed by atoms with Gasteiger partial charge in [-0.1, -0.05) is 10.3 Å². The van der Waals surface area contributed by atoms with E-state index in [2.05, 4.69) is 25.5 Å². The van der Waals surface area contributed by atoms with Crippen molar-refractivity contribution in [1.29, 1.82) is 0 Å². The summed E-state index contributed by atoms with van der Waals surface area (Å²) in [6, 6.07) is 0.273. The number of thiocarbonyl (C=S) groups is 1. The number of nitrogens with one attached hydrogen (secondary N) is 1. The smallest absolute Gasteiger partial charge is 0.263 e. The molecule has 2 aromatic heterocycles. The Labute approximate surface area is 191 Å². The van der Waals surface area contributed by atoms with E-state index in [1.165, 1.54) is 0 Å². The molecule has 3 aromatic rings. The second-order valence-corrected chi connectivity index (χ2v) is 7.99. The van der Waals surface area contributed by atoms with Crippen molar-refractivity contribution in [3.63, 3.8) is 0 Å². The lowest BCUT2D eigenvalue weighted by molar-refractivity contribution is 0.266. The topological polar surface area (TPSA) is 83.5 Å². The predicted octanol–water partition coefficient (Wildman–Crippen LogP) is 3.80. The maximum atomic E-state index is 14.0. The molecule has 0 radical (unpaired) electrons. The lowest BCUT2D eigenvalue weighted by Crippen LogP contribution is -2.38. The molecule has 1 fully saturated rings. The fraction of sp³-hybridized carbons (Fsp3) is 0.400. The molecule has 13 heteroatoms. The van der Waals surface area contributed by atoms with Gasteiger partial charge in [-0.25, -0.2) is 17.6 Å². The minimum atomic E-state index is -1.76. The molecule has 1 N–H and O–H groups in total. The van der Waals surface area contributed by atoms with E-state index in [9.17, 15) is 17.6 Å². The summed E-state index contributed by atoms with van der Waals surface area (Å²) < 4.78 is 65.0. The Bertz CT molecular complexity index is 1160. The van der Waals surface area contributed by atoms with Crippen molar-refractivity contribution in [1.82, 2.24) is 25.1 Å². The highest BCUT2D eigenvalue weighted by atomic mass is 32.1. The minimum absolute atomic E-state index is 0.0147. The summed E-state index contributed by atoms with van der Waals surface area (Å²) in [5, 5.41) is 10.3. The SMILES string of the molecule is Cc1noc(C)c1-c1nc(CN2CCCN(C(=S)Nc3c(F)cc(F)c(F)c3F)CC2)no1. The van der Waals surface area contributed by atoms with Crippen LogP contribution in [-0.2, 0) is 6.54 Å². The normalized spacial score (nSPS) is 15.0. The van der Waals surface area contributed by atoms with Gasteiger partial charge in [0, 0.05) is 32.2 Å². The number of anilines is 1. The number of hydrogen-bond donors (Lipinski definition) is 1. The van der Waals surface area contributed by atoms with Gasteiger partial charge in [0.15, 0.2) is 34.2 Å². The average Bonchev–Trinajstić information content (AvgIpc) is 3.27. The molecule has 0 bridgehead atoms. The number of halogens is 4. The fourth-order valence-electron chi connectivity index (χ4n) is 3.61. The van der Waals surface area contributed by atoms with Crippen molar-refractivity contribution in [2.45, 2.75) is 26.8 Å². The van der Waals surface area contributed by atoms with Crippen molar-refractivity contribution >= 4 is 23.0 Å². The van der Waals surface area contributed by atoms with Gasteiger partial charge in [-0.3, -0.25) is 4.90 Å². The summed E-state index contributed by atoms with van der Waals surface area (Å²) in [7, 11) is 0. The van der Waals surface area contributed by atoms with E-state index in [4.69, 9.17) is 21.3 Å². The highest BCUT2D eigenvalue weighted by Gasteiger charge is 2.24. The Hall–Kier alpha value is -3.06. The van der Waals surface area contributed by atoms with E-state index in [1.807, 2.05) is 0 Å². The van der Waals surface area contributed by atoms with Crippen LogP contribution in [0.2, 0.25) is 0 Å². The lowest BCUT2D eigenvalue weighted by Gasteiger charge is -2.24. The van der Waals surface area contributed by atoms with Crippen LogP contribution in [0, 0.1) is 37.1 Å². The summed E-state index contributed by atoms with van der Waals surface area (Å²) in [4.78, 5) is 8.22. The zero-order valence-electron chi connectivity index (χ0n) is 17.8. The zero-order chi connectivity index (χ0) is 23.7. The quantitative estimate of drug-likeness (QED) is 0.257. The van der Waals surface area contributed by atoms with E-state index >= 15 is 0 Å². The van der Waals surface area contributed by atoms with Gasteiger partial charge in [0.1, 0.15) is 17.0 Å². The first-order valence-electron chi connectivity index (χ1n) is 10.1. The molecule has 0 unspecified atom stereocenters. The van der Waals surface area contributed by atoms with E-state index in [-0.39, 0.29) is 11.2 Å². The Morgan fingerprint density at radius 1 is 1.03 bits per heavy atom. The molecule has 0 saturated carbocycles. The molecule has 176 valence electrons. The summed E-state index contributed by atoms with van der Waals surface area (Å²) in [6.45, 7) is 6.17. The van der Waals surface area contributed by atoms with Gasteiger partial charge < -0.3 is 19.3 Å². The van der Waals surface area contributed by atoms with Gasteiger partial charge in [-0.05, 0) is 32.5 Å². The summed E-state index contributed by atoms with van der Waals surface area (Å²) in [6.07, 6.45) is 0.694. The van der Waals surface area contributed by atoms with Crippen LogP contribution in [0.15, 0.2) is 15.1 Å². The third kappa shape index (κ3) is 4.83. The van der Waals surface area contributed by atoms with Crippen LogP contribution in [0.25, 0.3) is 11.5 Å². The molecule has 1 saturated heterocycles. The Balaban J connectivity index is 1.37. The second kappa shape index (κ2) is 9.43. The molecular weight excluding hydrogens is 464 g/mol. The van der Waals surface area contributed by atoms with Crippen molar-refractivity contribution in [2.24, 2.45) is 0 Å². The monoisotopic (exact) mass is 484 g/mol. The highest BCUT2D eigenvalue weighted by Crippen LogP contribution is 2.26. The van der Waals surface area contributed by atoms with E-state index < -0.39 is 29.0 Å². The first-order valence-corrected chi connectivity index (χ1v) is 10.5. The fourth-order valence-corrected chi connectivity index (χ4v) is 3.89. The summed E-state index contributed by atoms with van der Waals surface area (Å²) in [5.74, 6) is -4.88. The first kappa shape index (κ1) is 23.1. The third-order valence-corrected chi connectivity index (χ3v) is 5.66. The number of nitrogens with zero attached hydrogens (tertiary/aromatic N) is 5. The van der Waals surface area contributed by atoms with Gasteiger partial charge in [0.2, 0.25) is 0 Å². The predicted molar refractivity (Wildman–Crippen MR) is 113 cm³/mol. The van der Waals surface area contributed by atoms with Crippen molar-refractivity contribution < 1.29 is 26.6 Å². The van der Waals surface area contributed by atoms with Crippen molar-refractivity contribution in [3.8, 4) is 11.5 Å². The zero-order valence-corrected chi connectivity index (χ0v) is 18.6. The average molecular weight is 484 g/mol. The number of rotatable bonds is 4. The minimum Gasteiger partial charge on any atom is -0.361 e. The number of aryl methyl sites for hydroxylation is 2. The second-order valence-electron chi connectivity index (χ2n) is 7.61. The van der Waals surface area contributed by atoms with Crippen LogP contribution in [0.4, 0.5) is 23.2 Å². The molecule has 0 aliphatic carbocycles. The maximum absolute atomic E-state index is 14.0. The molecule has 3 heterocycles. The van der Waals surface area contributed by atoms with Crippen LogP contribution >= 0.6 is 12.2 Å². The highest BCUT2D eigenvalue weighted by molar-refractivity contribution is 7.80. The Morgan fingerprint density at radius 2 is 1.82 bits per heavy atom. The Morgan fingerprint density at radius 3 is 2.55 bits per heavy atom. The molecule has 0 spiro atoms. The molecule has 1 aromatic carbocycles. The van der Waals surface area contributed by atoms with Crippen LogP contribution in [0.3, 0.4) is 0 Å². The van der Waals surface area contributed by atoms with Gasteiger partial charge >= 0.3 is 0 Å². The van der Waals surface area contributed by atoms with Gasteiger partial charge in [-0.2, -0.15) is 4.98 Å². The number of aromatic nitrogens is 3. The van der Waals surface area contributed by atoms with Crippen LogP contribution in [0.5, 0.6) is 0 Å². The first-order chi connectivity index (χ1) is 15.7. The lowest BCUT2D eigenvalue weighted by atomic mass is 10.2. The molecule has 4 rings (SSSR count). The molecular formula is C20H20F4N6O2S. The largest absolute Gasteiger partial charge is 0.361 e. The van der Waals surface area contributed by atoms with Gasteiger partial charge in [0.05, 0.1) is 12.2 Å². The maximum Gasteiger partial charge on any atom is 0.263 e. The molecule has 0 atom stereocenters. The molecule has 8 nitrogen and oxygen atoms in total.